The molecule has 0 bridgehead atoms. The number of hydrogen-bond acceptors (Lipinski definition) is 8. The third kappa shape index (κ3) is 4.79. The molecule has 0 saturated carbocycles. The Bertz CT molecular complexity index is 986. The molecule has 1 fully saturated rings. The van der Waals surface area contributed by atoms with Crippen LogP contribution in [0.25, 0.3) is 10.9 Å². The largest absolute Gasteiger partial charge is 0.493 e. The van der Waals surface area contributed by atoms with Crippen molar-refractivity contribution in [1.29, 1.82) is 0 Å². The number of anilines is 2. The van der Waals surface area contributed by atoms with E-state index in [2.05, 4.69) is 23.8 Å². The topological polar surface area (TPSA) is 120 Å². The summed E-state index contributed by atoms with van der Waals surface area (Å²) in [5, 5.41) is 0.351. The molecule has 1 aliphatic heterocycles. The molecule has 2 aromatic rings. The number of hydrogen-bond donors (Lipinski definition) is 2. The molecule has 4 N–H and O–H groups in total. The van der Waals surface area contributed by atoms with E-state index in [-0.39, 0.29) is 40.8 Å². The maximum absolute atomic E-state index is 15.1. The van der Waals surface area contributed by atoms with Crippen molar-refractivity contribution in [3.63, 3.8) is 0 Å². The number of nitrogens with two attached hydrogens (primary N) is 2. The molecule has 176 valence electrons. The molecule has 2 heterocycles. The van der Waals surface area contributed by atoms with Crippen LogP contribution in [0.5, 0.6) is 11.5 Å². The molecule has 0 aliphatic carbocycles. The summed E-state index contributed by atoms with van der Waals surface area (Å²) in [5.74, 6) is 0.488. The number of carbonyl (C=O) groups is 1. The number of rotatable bonds is 7. The first-order chi connectivity index (χ1) is 15.2. The fourth-order valence-corrected chi connectivity index (χ4v) is 4.19. The van der Waals surface area contributed by atoms with Crippen LogP contribution >= 0.6 is 0 Å². The molecular weight excluding hydrogens is 415 g/mol. The monoisotopic (exact) mass is 448 g/mol. The number of piperazine rings is 1. The molecule has 1 aromatic heterocycles. The minimum atomic E-state index is -0.655. The van der Waals surface area contributed by atoms with Crippen LogP contribution in [0.15, 0.2) is 6.07 Å². The summed E-state index contributed by atoms with van der Waals surface area (Å²) >= 11 is 0. The average Bonchev–Trinajstić information content (AvgIpc) is 2.73. The van der Waals surface area contributed by atoms with Gasteiger partial charge in [-0.05, 0) is 25.3 Å². The molecule has 1 aliphatic rings. The molecular formula is C22H33FN6O3. The second-order valence-electron chi connectivity index (χ2n) is 8.71. The number of fused-ring (bicyclic) bond motifs is 1. The first-order valence-electron chi connectivity index (χ1n) is 10.8. The second-order valence-corrected chi connectivity index (χ2v) is 8.71. The van der Waals surface area contributed by atoms with Crippen molar-refractivity contribution >= 4 is 28.6 Å². The molecule has 0 spiro atoms. The number of ether oxygens (including phenoxy) is 2. The van der Waals surface area contributed by atoms with Gasteiger partial charge in [0.15, 0.2) is 17.3 Å². The summed E-state index contributed by atoms with van der Waals surface area (Å²) in [6.45, 7) is 7.68. The number of amides is 1. The lowest BCUT2D eigenvalue weighted by molar-refractivity contribution is -0.132. The Labute approximate surface area is 187 Å². The van der Waals surface area contributed by atoms with Gasteiger partial charge in [0.25, 0.3) is 0 Å². The summed E-state index contributed by atoms with van der Waals surface area (Å²) in [4.78, 5) is 25.3. The second kappa shape index (κ2) is 9.72. The van der Waals surface area contributed by atoms with E-state index in [1.807, 2.05) is 16.7 Å². The van der Waals surface area contributed by atoms with Gasteiger partial charge in [-0.3, -0.25) is 4.79 Å². The molecule has 3 rings (SSSR count). The predicted octanol–water partition coefficient (Wildman–Crippen LogP) is 2.17. The zero-order valence-electron chi connectivity index (χ0n) is 19.4. The fourth-order valence-electron chi connectivity index (χ4n) is 4.19. The van der Waals surface area contributed by atoms with Crippen LogP contribution in [-0.4, -0.2) is 66.7 Å². The van der Waals surface area contributed by atoms with Gasteiger partial charge in [0.2, 0.25) is 11.9 Å². The summed E-state index contributed by atoms with van der Waals surface area (Å²) in [6, 6.07) is 1.35. The quantitative estimate of drug-likeness (QED) is 0.661. The first kappa shape index (κ1) is 23.8. The Balaban J connectivity index is 1.81. The van der Waals surface area contributed by atoms with Crippen molar-refractivity contribution in [2.45, 2.75) is 45.7 Å². The Morgan fingerprint density at radius 3 is 2.59 bits per heavy atom. The van der Waals surface area contributed by atoms with Crippen LogP contribution in [0.4, 0.5) is 16.2 Å². The molecule has 0 radical (unpaired) electrons. The van der Waals surface area contributed by atoms with E-state index in [1.54, 1.807) is 6.07 Å². The van der Waals surface area contributed by atoms with Crippen LogP contribution in [0.2, 0.25) is 0 Å². The highest BCUT2D eigenvalue weighted by Crippen LogP contribution is 2.37. The normalized spacial score (nSPS) is 17.7. The molecule has 1 saturated heterocycles. The van der Waals surface area contributed by atoms with Crippen molar-refractivity contribution in [2.75, 3.05) is 44.5 Å². The van der Waals surface area contributed by atoms with E-state index in [1.165, 1.54) is 14.2 Å². The molecule has 9 nitrogen and oxygen atoms in total. The van der Waals surface area contributed by atoms with Gasteiger partial charge in [0.05, 0.1) is 14.2 Å². The van der Waals surface area contributed by atoms with Gasteiger partial charge in [0, 0.05) is 43.5 Å². The van der Waals surface area contributed by atoms with E-state index in [9.17, 15) is 4.79 Å². The Morgan fingerprint density at radius 1 is 1.28 bits per heavy atom. The van der Waals surface area contributed by atoms with Gasteiger partial charge in [-0.15, -0.1) is 0 Å². The van der Waals surface area contributed by atoms with Crippen LogP contribution in [0.1, 0.15) is 33.6 Å². The van der Waals surface area contributed by atoms with Crippen LogP contribution in [-0.2, 0) is 4.79 Å². The lowest BCUT2D eigenvalue weighted by Crippen LogP contribution is -2.54. The van der Waals surface area contributed by atoms with Crippen molar-refractivity contribution in [2.24, 2.45) is 11.7 Å². The lowest BCUT2D eigenvalue weighted by atomic mass is 10.0. The van der Waals surface area contributed by atoms with Crippen molar-refractivity contribution < 1.29 is 18.7 Å². The molecule has 10 heteroatoms. The Kier molecular flexibility index (Phi) is 7.22. The molecule has 2 atom stereocenters. The number of carbonyl (C=O) groups excluding carboxylic acids is 1. The van der Waals surface area contributed by atoms with E-state index in [0.29, 0.717) is 43.3 Å². The van der Waals surface area contributed by atoms with Gasteiger partial charge < -0.3 is 30.7 Å². The number of nitrogens with zero attached hydrogens (tertiary/aromatic N) is 4. The van der Waals surface area contributed by atoms with Crippen LogP contribution in [0, 0.1) is 11.7 Å². The maximum Gasteiger partial charge on any atom is 0.228 e. The number of aromatic nitrogens is 2. The molecule has 1 aromatic carbocycles. The van der Waals surface area contributed by atoms with Gasteiger partial charge in [-0.2, -0.15) is 4.98 Å². The van der Waals surface area contributed by atoms with E-state index >= 15 is 4.39 Å². The van der Waals surface area contributed by atoms with E-state index in [4.69, 9.17) is 20.9 Å². The van der Waals surface area contributed by atoms with Crippen molar-refractivity contribution in [1.82, 2.24) is 14.9 Å². The van der Waals surface area contributed by atoms with Crippen molar-refractivity contribution in [3.8, 4) is 11.5 Å². The third-order valence-electron chi connectivity index (χ3n) is 5.74. The van der Waals surface area contributed by atoms with Gasteiger partial charge in [-0.25, -0.2) is 9.37 Å². The molecule has 0 unspecified atom stereocenters. The summed E-state index contributed by atoms with van der Waals surface area (Å²) in [5.41, 5.74) is 12.3. The summed E-state index contributed by atoms with van der Waals surface area (Å²) < 4.78 is 25.4. The average molecular weight is 449 g/mol. The SMILES string of the molecule is COc1cc2c(N)nc(N3CCN(C(=O)C[C@@H](N)CC(C)C)C[C@@H]3C)nc2c(F)c1OC. The van der Waals surface area contributed by atoms with E-state index < -0.39 is 5.82 Å². The minimum absolute atomic E-state index is 0.0368. The summed E-state index contributed by atoms with van der Waals surface area (Å²) in [7, 11) is 2.79. The highest BCUT2D eigenvalue weighted by atomic mass is 19.1. The number of benzene rings is 1. The summed E-state index contributed by atoms with van der Waals surface area (Å²) in [6.07, 6.45) is 1.14. The minimum Gasteiger partial charge on any atom is -0.493 e. The van der Waals surface area contributed by atoms with E-state index in [0.717, 1.165) is 6.42 Å². The predicted molar refractivity (Wildman–Crippen MR) is 122 cm³/mol. The Morgan fingerprint density at radius 2 is 2.00 bits per heavy atom. The highest BCUT2D eigenvalue weighted by Gasteiger charge is 2.30. The third-order valence-corrected chi connectivity index (χ3v) is 5.74. The molecule has 32 heavy (non-hydrogen) atoms. The molecule has 1 amide bonds. The van der Waals surface area contributed by atoms with Gasteiger partial charge >= 0.3 is 0 Å². The number of methoxy groups -OCH3 is 2. The number of nitrogen functional groups attached to an aromatic ring is 1. The van der Waals surface area contributed by atoms with Crippen molar-refractivity contribution in [3.05, 3.63) is 11.9 Å². The zero-order chi connectivity index (χ0) is 23.6. The lowest BCUT2D eigenvalue weighted by Gasteiger charge is -2.40. The maximum atomic E-state index is 15.1. The first-order valence-corrected chi connectivity index (χ1v) is 10.8. The fraction of sp³-hybridized carbons (Fsp3) is 0.591. The van der Waals surface area contributed by atoms with Gasteiger partial charge in [0.1, 0.15) is 11.3 Å². The van der Waals surface area contributed by atoms with Crippen LogP contribution < -0.4 is 25.8 Å². The van der Waals surface area contributed by atoms with Crippen LogP contribution in [0.3, 0.4) is 0 Å². The highest BCUT2D eigenvalue weighted by molar-refractivity contribution is 5.92. The number of halogens is 1. The zero-order valence-corrected chi connectivity index (χ0v) is 19.4. The smallest absolute Gasteiger partial charge is 0.228 e. The standard InChI is InChI=1S/C22H33FN6O3/c1-12(2)8-14(24)9-17(30)28-6-7-29(13(3)11-28)22-26-19-15(21(25)27-22)10-16(31-4)20(32-5)18(19)23/h10,12-14H,6-9,11,24H2,1-5H3,(H2,25,26,27)/t13-,14-/m0/s1. The van der Waals surface area contributed by atoms with Gasteiger partial charge in [-0.1, -0.05) is 13.8 Å². The Hall–Kier alpha value is -2.88.